The van der Waals surface area contributed by atoms with Crippen molar-refractivity contribution in [1.82, 2.24) is 9.80 Å². The molecule has 0 saturated carbocycles. The quantitative estimate of drug-likeness (QED) is 0.683. The van der Waals surface area contributed by atoms with Gasteiger partial charge in [0.1, 0.15) is 0 Å². The lowest BCUT2D eigenvalue weighted by Gasteiger charge is -2.40. The van der Waals surface area contributed by atoms with Gasteiger partial charge in [-0.3, -0.25) is 4.79 Å². The maximum Gasteiger partial charge on any atom is 0.254 e. The second-order valence-corrected chi connectivity index (χ2v) is 7.56. The normalized spacial score (nSPS) is 18.0. The van der Waals surface area contributed by atoms with Crippen molar-refractivity contribution in [2.75, 3.05) is 26.7 Å². The summed E-state index contributed by atoms with van der Waals surface area (Å²) in [7, 11) is 2.12. The number of carbonyl (C=O) groups excluding carboxylic acids is 1. The van der Waals surface area contributed by atoms with Crippen molar-refractivity contribution in [3.63, 3.8) is 0 Å². The Hall–Kier alpha value is -2.43. The highest BCUT2D eigenvalue weighted by Gasteiger charge is 2.30. The summed E-state index contributed by atoms with van der Waals surface area (Å²) in [5.41, 5.74) is 4.31. The molecular formula is C22H22N2OS. The average Bonchev–Trinajstić information content (AvgIpc) is 3.23. The fraction of sp³-hybridized carbons (Fsp3) is 0.227. The fourth-order valence-corrected chi connectivity index (χ4v) is 4.19. The van der Waals surface area contributed by atoms with Gasteiger partial charge >= 0.3 is 0 Å². The maximum absolute atomic E-state index is 13.2. The number of nitrogens with zero attached hydrogens (tertiary/aromatic N) is 2. The Balaban J connectivity index is 1.59. The zero-order chi connectivity index (χ0) is 17.9. The summed E-state index contributed by atoms with van der Waals surface area (Å²) >= 11 is 1.69. The number of thiophene rings is 1. The highest BCUT2D eigenvalue weighted by atomic mass is 32.1. The van der Waals surface area contributed by atoms with E-state index in [0.717, 1.165) is 30.8 Å². The molecule has 1 unspecified atom stereocenters. The average molecular weight is 362 g/mol. The molecule has 3 aromatic rings. The Morgan fingerprint density at radius 1 is 0.962 bits per heavy atom. The number of hydrogen-bond donors (Lipinski definition) is 0. The van der Waals surface area contributed by atoms with Crippen LogP contribution in [0.3, 0.4) is 0 Å². The third-order valence-electron chi connectivity index (χ3n) is 5.02. The van der Waals surface area contributed by atoms with Gasteiger partial charge in [-0.05, 0) is 52.7 Å². The van der Waals surface area contributed by atoms with Gasteiger partial charge in [-0.1, -0.05) is 42.5 Å². The van der Waals surface area contributed by atoms with Gasteiger partial charge in [-0.2, -0.15) is 11.3 Å². The zero-order valence-corrected chi connectivity index (χ0v) is 15.7. The number of amides is 1. The van der Waals surface area contributed by atoms with Gasteiger partial charge in [-0.15, -0.1) is 0 Å². The monoisotopic (exact) mass is 362 g/mol. The van der Waals surface area contributed by atoms with E-state index in [-0.39, 0.29) is 11.9 Å². The van der Waals surface area contributed by atoms with E-state index in [0.29, 0.717) is 0 Å². The molecule has 2 aromatic carbocycles. The van der Waals surface area contributed by atoms with Gasteiger partial charge < -0.3 is 9.80 Å². The molecule has 1 aliphatic heterocycles. The van der Waals surface area contributed by atoms with E-state index in [2.05, 4.69) is 40.9 Å². The Labute approximate surface area is 158 Å². The number of hydrogen-bond acceptors (Lipinski definition) is 3. The lowest BCUT2D eigenvalue weighted by atomic mass is 10.0. The molecule has 26 heavy (non-hydrogen) atoms. The third kappa shape index (κ3) is 3.43. The highest BCUT2D eigenvalue weighted by Crippen LogP contribution is 2.28. The van der Waals surface area contributed by atoms with E-state index in [9.17, 15) is 4.79 Å². The molecule has 1 saturated heterocycles. The van der Waals surface area contributed by atoms with Crippen molar-refractivity contribution in [3.8, 4) is 11.1 Å². The summed E-state index contributed by atoms with van der Waals surface area (Å²) in [6, 6.07) is 20.5. The van der Waals surface area contributed by atoms with E-state index in [1.807, 2.05) is 47.4 Å². The Kier molecular flexibility index (Phi) is 4.87. The number of rotatable bonds is 3. The van der Waals surface area contributed by atoms with E-state index < -0.39 is 0 Å². The number of piperazine rings is 1. The van der Waals surface area contributed by atoms with Crippen molar-refractivity contribution in [3.05, 3.63) is 82.6 Å². The van der Waals surface area contributed by atoms with Gasteiger partial charge in [-0.25, -0.2) is 0 Å². The fourth-order valence-electron chi connectivity index (χ4n) is 3.52. The lowest BCUT2D eigenvalue weighted by Crippen LogP contribution is -2.49. The summed E-state index contributed by atoms with van der Waals surface area (Å²) in [6.07, 6.45) is 0. The van der Waals surface area contributed by atoms with Crippen LogP contribution < -0.4 is 0 Å². The summed E-state index contributed by atoms with van der Waals surface area (Å²) in [5.74, 6) is 0.115. The van der Waals surface area contributed by atoms with E-state index in [1.165, 1.54) is 11.1 Å². The van der Waals surface area contributed by atoms with Gasteiger partial charge in [0.05, 0.1) is 6.04 Å². The van der Waals surface area contributed by atoms with Gasteiger partial charge in [0.2, 0.25) is 0 Å². The van der Waals surface area contributed by atoms with Crippen LogP contribution in [0.1, 0.15) is 22.0 Å². The standard InChI is InChI=1S/C22H22N2OS/c1-23-12-13-24(21(15-23)18-5-3-2-4-6-18)22(25)19-9-7-17(8-10-19)20-11-14-26-16-20/h2-11,14,16,21H,12-13,15H2,1H3. The van der Waals surface area contributed by atoms with Crippen LogP contribution in [0.15, 0.2) is 71.4 Å². The highest BCUT2D eigenvalue weighted by molar-refractivity contribution is 7.08. The SMILES string of the molecule is CN1CCN(C(=O)c2ccc(-c3ccsc3)cc2)C(c2ccccc2)C1. The van der Waals surface area contributed by atoms with Gasteiger partial charge in [0.15, 0.2) is 0 Å². The van der Waals surface area contributed by atoms with Crippen molar-refractivity contribution in [2.24, 2.45) is 0 Å². The first-order valence-electron chi connectivity index (χ1n) is 8.89. The van der Waals surface area contributed by atoms with Gasteiger partial charge in [0, 0.05) is 25.2 Å². The summed E-state index contributed by atoms with van der Waals surface area (Å²) in [5, 5.41) is 4.20. The van der Waals surface area contributed by atoms with E-state index >= 15 is 0 Å². The molecule has 1 aromatic heterocycles. The van der Waals surface area contributed by atoms with Crippen molar-refractivity contribution < 1.29 is 4.79 Å². The molecule has 0 bridgehead atoms. The first kappa shape index (κ1) is 17.0. The molecule has 1 atom stereocenters. The molecule has 2 heterocycles. The van der Waals surface area contributed by atoms with Crippen LogP contribution in [0.4, 0.5) is 0 Å². The van der Waals surface area contributed by atoms with Crippen LogP contribution in [0, 0.1) is 0 Å². The molecule has 3 nitrogen and oxygen atoms in total. The molecule has 132 valence electrons. The van der Waals surface area contributed by atoms with Gasteiger partial charge in [0.25, 0.3) is 5.91 Å². The number of likely N-dealkylation sites (N-methyl/N-ethyl adjacent to an activating group) is 1. The topological polar surface area (TPSA) is 23.6 Å². The molecule has 0 N–H and O–H groups in total. The summed E-state index contributed by atoms with van der Waals surface area (Å²) in [4.78, 5) is 17.5. The van der Waals surface area contributed by atoms with Crippen LogP contribution in [0.5, 0.6) is 0 Å². The minimum Gasteiger partial charge on any atom is -0.329 e. The molecule has 1 aliphatic rings. The minimum atomic E-state index is 0.0963. The minimum absolute atomic E-state index is 0.0963. The molecule has 1 fully saturated rings. The number of carbonyl (C=O) groups is 1. The van der Waals surface area contributed by atoms with Crippen LogP contribution in [-0.2, 0) is 0 Å². The zero-order valence-electron chi connectivity index (χ0n) is 14.8. The molecule has 4 heteroatoms. The van der Waals surface area contributed by atoms with Crippen LogP contribution >= 0.6 is 11.3 Å². The predicted molar refractivity (Wildman–Crippen MR) is 107 cm³/mol. The van der Waals surface area contributed by atoms with Crippen molar-refractivity contribution >= 4 is 17.2 Å². The Morgan fingerprint density at radius 2 is 1.73 bits per heavy atom. The van der Waals surface area contributed by atoms with Crippen molar-refractivity contribution in [2.45, 2.75) is 6.04 Å². The molecule has 4 rings (SSSR count). The second-order valence-electron chi connectivity index (χ2n) is 6.78. The second kappa shape index (κ2) is 7.44. The van der Waals surface area contributed by atoms with Crippen LogP contribution in [-0.4, -0.2) is 42.4 Å². The smallest absolute Gasteiger partial charge is 0.254 e. The maximum atomic E-state index is 13.2. The van der Waals surface area contributed by atoms with Crippen molar-refractivity contribution in [1.29, 1.82) is 0 Å². The van der Waals surface area contributed by atoms with Crippen LogP contribution in [0.25, 0.3) is 11.1 Å². The first-order chi connectivity index (χ1) is 12.7. The molecule has 0 spiro atoms. The molecule has 1 amide bonds. The number of benzene rings is 2. The largest absolute Gasteiger partial charge is 0.329 e. The lowest BCUT2D eigenvalue weighted by molar-refractivity contribution is 0.0498. The molecular weight excluding hydrogens is 340 g/mol. The van der Waals surface area contributed by atoms with Crippen LogP contribution in [0.2, 0.25) is 0 Å². The Bertz CT molecular complexity index is 859. The summed E-state index contributed by atoms with van der Waals surface area (Å²) in [6.45, 7) is 2.52. The first-order valence-corrected chi connectivity index (χ1v) is 9.84. The van der Waals surface area contributed by atoms with E-state index in [4.69, 9.17) is 0 Å². The van der Waals surface area contributed by atoms with E-state index in [1.54, 1.807) is 11.3 Å². The predicted octanol–water partition coefficient (Wildman–Crippen LogP) is 4.54. The summed E-state index contributed by atoms with van der Waals surface area (Å²) < 4.78 is 0. The third-order valence-corrected chi connectivity index (χ3v) is 5.70. The Morgan fingerprint density at radius 3 is 2.42 bits per heavy atom. The molecule has 0 aliphatic carbocycles. The molecule has 0 radical (unpaired) electrons.